The first-order valence-electron chi connectivity index (χ1n) is 8.48. The zero-order valence-corrected chi connectivity index (χ0v) is 17.0. The van der Waals surface area contributed by atoms with Crippen LogP contribution in [-0.4, -0.2) is 53.2 Å². The molecule has 1 amide bonds. The summed E-state index contributed by atoms with van der Waals surface area (Å²) < 4.78 is 32.0. The van der Waals surface area contributed by atoms with Gasteiger partial charge in [-0.15, -0.1) is 12.4 Å². The highest BCUT2D eigenvalue weighted by molar-refractivity contribution is 7.89. The number of hydrogen-bond acceptors (Lipinski definition) is 5. The normalized spacial score (nSPS) is 20.3. The number of amides is 1. The number of benzene rings is 1. The molecule has 0 aliphatic carbocycles. The van der Waals surface area contributed by atoms with E-state index < -0.39 is 10.0 Å². The molecule has 1 heterocycles. The molecule has 2 atom stereocenters. The van der Waals surface area contributed by atoms with Gasteiger partial charge in [0.2, 0.25) is 10.0 Å². The maximum Gasteiger partial charge on any atom is 0.251 e. The van der Waals surface area contributed by atoms with Crippen molar-refractivity contribution < 1.29 is 17.9 Å². The van der Waals surface area contributed by atoms with Crippen LogP contribution in [0.2, 0.25) is 0 Å². The predicted molar refractivity (Wildman–Crippen MR) is 103 cm³/mol. The quantitative estimate of drug-likeness (QED) is 0.592. The first kappa shape index (κ1) is 22.9. The van der Waals surface area contributed by atoms with Crippen molar-refractivity contribution in [3.63, 3.8) is 0 Å². The van der Waals surface area contributed by atoms with E-state index in [2.05, 4.69) is 15.4 Å². The molecule has 1 aliphatic rings. The number of aryl methyl sites for hydroxylation is 1. The van der Waals surface area contributed by atoms with Gasteiger partial charge in [0, 0.05) is 31.3 Å². The van der Waals surface area contributed by atoms with E-state index in [9.17, 15) is 13.2 Å². The Morgan fingerprint density at radius 3 is 2.77 bits per heavy atom. The van der Waals surface area contributed by atoms with Crippen LogP contribution in [0.4, 0.5) is 0 Å². The third-order valence-electron chi connectivity index (χ3n) is 4.44. The van der Waals surface area contributed by atoms with Gasteiger partial charge in [0.05, 0.1) is 11.5 Å². The summed E-state index contributed by atoms with van der Waals surface area (Å²) in [6.07, 6.45) is 1.92. The van der Waals surface area contributed by atoms with Gasteiger partial charge >= 0.3 is 0 Å². The molecule has 2 rings (SSSR count). The zero-order chi connectivity index (χ0) is 18.4. The van der Waals surface area contributed by atoms with E-state index in [1.807, 2.05) is 6.92 Å². The van der Waals surface area contributed by atoms with Gasteiger partial charge in [-0.05, 0) is 50.9 Å². The summed E-state index contributed by atoms with van der Waals surface area (Å²) in [4.78, 5) is 12.7. The fourth-order valence-corrected chi connectivity index (χ4v) is 3.90. The van der Waals surface area contributed by atoms with E-state index >= 15 is 0 Å². The van der Waals surface area contributed by atoms with Gasteiger partial charge in [-0.2, -0.15) is 0 Å². The van der Waals surface area contributed by atoms with Crippen molar-refractivity contribution in [1.29, 1.82) is 0 Å². The lowest BCUT2D eigenvalue weighted by Crippen LogP contribution is -2.52. The first-order chi connectivity index (χ1) is 11.8. The Hall–Kier alpha value is -1.19. The van der Waals surface area contributed by atoms with Crippen LogP contribution in [0, 0.1) is 6.92 Å². The molecule has 2 unspecified atom stereocenters. The SMILES string of the molecule is COCCNS(=O)(=O)c1ccc(C)c(C(=O)NC2CCCNC2C)c1.Cl. The maximum atomic E-state index is 12.6. The second kappa shape index (κ2) is 10.2. The Morgan fingerprint density at radius 1 is 1.38 bits per heavy atom. The lowest BCUT2D eigenvalue weighted by atomic mass is 9.99. The summed E-state index contributed by atoms with van der Waals surface area (Å²) in [6, 6.07) is 4.83. The average Bonchev–Trinajstić information content (AvgIpc) is 2.57. The highest BCUT2D eigenvalue weighted by Crippen LogP contribution is 2.17. The van der Waals surface area contributed by atoms with Crippen molar-refractivity contribution in [2.24, 2.45) is 0 Å². The van der Waals surface area contributed by atoms with Crippen LogP contribution in [0.25, 0.3) is 0 Å². The second-order valence-corrected chi connectivity index (χ2v) is 8.10. The van der Waals surface area contributed by atoms with Crippen molar-refractivity contribution >= 4 is 28.3 Å². The standard InChI is InChI=1S/C17H27N3O4S.ClH/c1-12-6-7-14(25(22,23)19-9-10-24-3)11-15(12)17(21)20-16-5-4-8-18-13(16)2;/h6-7,11,13,16,18-19H,4-5,8-10H2,1-3H3,(H,20,21);1H. The fraction of sp³-hybridized carbons (Fsp3) is 0.588. The van der Waals surface area contributed by atoms with Gasteiger partial charge in [0.25, 0.3) is 5.91 Å². The number of carbonyl (C=O) groups is 1. The maximum absolute atomic E-state index is 12.6. The molecule has 1 saturated heterocycles. The molecule has 0 aromatic heterocycles. The summed E-state index contributed by atoms with van der Waals surface area (Å²) in [5.41, 5.74) is 1.12. The summed E-state index contributed by atoms with van der Waals surface area (Å²) in [7, 11) is -2.17. The van der Waals surface area contributed by atoms with E-state index in [0.717, 1.165) is 24.9 Å². The third-order valence-corrected chi connectivity index (χ3v) is 5.90. The number of hydrogen-bond donors (Lipinski definition) is 3. The number of rotatable bonds is 7. The highest BCUT2D eigenvalue weighted by atomic mass is 35.5. The Morgan fingerprint density at radius 2 is 2.12 bits per heavy atom. The molecular formula is C17H28ClN3O4S. The molecule has 3 N–H and O–H groups in total. The molecule has 148 valence electrons. The van der Waals surface area contributed by atoms with Crippen LogP contribution in [0.3, 0.4) is 0 Å². The molecule has 1 fully saturated rings. The van der Waals surface area contributed by atoms with Gasteiger partial charge in [-0.1, -0.05) is 6.07 Å². The third kappa shape index (κ3) is 5.92. The van der Waals surface area contributed by atoms with Crippen LogP contribution in [0.1, 0.15) is 35.7 Å². The Kier molecular flexibility index (Phi) is 8.99. The smallest absolute Gasteiger partial charge is 0.251 e. The molecule has 26 heavy (non-hydrogen) atoms. The Bertz CT molecular complexity index is 712. The fourth-order valence-electron chi connectivity index (χ4n) is 2.86. The van der Waals surface area contributed by atoms with Crippen LogP contribution in [-0.2, 0) is 14.8 Å². The number of methoxy groups -OCH3 is 1. The van der Waals surface area contributed by atoms with E-state index in [1.54, 1.807) is 13.0 Å². The van der Waals surface area contributed by atoms with Gasteiger partial charge < -0.3 is 15.4 Å². The van der Waals surface area contributed by atoms with Crippen LogP contribution < -0.4 is 15.4 Å². The average molecular weight is 406 g/mol. The summed E-state index contributed by atoms with van der Waals surface area (Å²) >= 11 is 0. The summed E-state index contributed by atoms with van der Waals surface area (Å²) in [5, 5.41) is 6.36. The van der Waals surface area contributed by atoms with Crippen LogP contribution in [0.5, 0.6) is 0 Å². The number of halogens is 1. The van der Waals surface area contributed by atoms with Crippen molar-refractivity contribution in [3.05, 3.63) is 29.3 Å². The van der Waals surface area contributed by atoms with Crippen LogP contribution in [0.15, 0.2) is 23.1 Å². The lowest BCUT2D eigenvalue weighted by Gasteiger charge is -2.30. The van der Waals surface area contributed by atoms with Crippen molar-refractivity contribution in [2.75, 3.05) is 26.8 Å². The second-order valence-electron chi connectivity index (χ2n) is 6.33. The molecular weight excluding hydrogens is 378 g/mol. The first-order valence-corrected chi connectivity index (χ1v) is 9.97. The molecule has 7 nitrogen and oxygen atoms in total. The molecule has 1 aliphatic heterocycles. The number of nitrogens with one attached hydrogen (secondary N) is 3. The number of sulfonamides is 1. The van der Waals surface area contributed by atoms with Crippen molar-refractivity contribution in [2.45, 2.75) is 43.7 Å². The topological polar surface area (TPSA) is 96.5 Å². The van der Waals surface area contributed by atoms with Gasteiger partial charge in [0.15, 0.2) is 0 Å². The van der Waals surface area contributed by atoms with E-state index in [-0.39, 0.29) is 48.4 Å². The molecule has 0 radical (unpaired) electrons. The monoisotopic (exact) mass is 405 g/mol. The number of piperidine rings is 1. The highest BCUT2D eigenvalue weighted by Gasteiger charge is 2.24. The van der Waals surface area contributed by atoms with E-state index in [1.165, 1.54) is 19.2 Å². The minimum Gasteiger partial charge on any atom is -0.383 e. The number of ether oxygens (including phenoxy) is 1. The minimum absolute atomic E-state index is 0. The molecule has 0 bridgehead atoms. The largest absolute Gasteiger partial charge is 0.383 e. The molecule has 1 aromatic carbocycles. The zero-order valence-electron chi connectivity index (χ0n) is 15.4. The van der Waals surface area contributed by atoms with Gasteiger partial charge in [-0.25, -0.2) is 13.1 Å². The van der Waals surface area contributed by atoms with Crippen LogP contribution >= 0.6 is 12.4 Å². The minimum atomic E-state index is -3.67. The molecule has 1 aromatic rings. The summed E-state index contributed by atoms with van der Waals surface area (Å²) in [6.45, 7) is 5.25. The van der Waals surface area contributed by atoms with Crippen molar-refractivity contribution in [1.82, 2.24) is 15.4 Å². The Balaban J connectivity index is 0.00000338. The molecule has 9 heteroatoms. The lowest BCUT2D eigenvalue weighted by molar-refractivity contribution is 0.0919. The summed E-state index contributed by atoms with van der Waals surface area (Å²) in [5.74, 6) is -0.244. The molecule has 0 saturated carbocycles. The van der Waals surface area contributed by atoms with Gasteiger partial charge in [-0.3, -0.25) is 4.79 Å². The van der Waals surface area contributed by atoms with Crippen molar-refractivity contribution in [3.8, 4) is 0 Å². The van der Waals surface area contributed by atoms with Gasteiger partial charge in [0.1, 0.15) is 0 Å². The predicted octanol–water partition coefficient (Wildman–Crippen LogP) is 1.21. The van der Waals surface area contributed by atoms with E-state index in [0.29, 0.717) is 5.56 Å². The van der Waals surface area contributed by atoms with E-state index in [4.69, 9.17) is 4.74 Å². The number of carbonyl (C=O) groups excluding carboxylic acids is 1. The molecule has 0 spiro atoms. The Labute approximate surface area is 161 Å².